The molecule has 0 bridgehead atoms. The molecule has 0 saturated carbocycles. The number of likely N-dealkylation sites (N-methyl/N-ethyl adjacent to an activating group) is 1. The third-order valence-corrected chi connectivity index (χ3v) is 5.90. The van der Waals surface area contributed by atoms with Gasteiger partial charge in [-0.1, -0.05) is 12.1 Å². The van der Waals surface area contributed by atoms with Crippen LogP contribution in [0.15, 0.2) is 43.0 Å². The summed E-state index contributed by atoms with van der Waals surface area (Å²) in [6.07, 6.45) is 8.87. The van der Waals surface area contributed by atoms with Crippen molar-refractivity contribution in [3.05, 3.63) is 48.5 Å². The van der Waals surface area contributed by atoms with Gasteiger partial charge >= 0.3 is 0 Å². The van der Waals surface area contributed by atoms with E-state index in [0.717, 1.165) is 77.5 Å². The Kier molecular flexibility index (Phi) is 6.29. The third kappa shape index (κ3) is 5.13. The first-order valence-corrected chi connectivity index (χ1v) is 10.4. The van der Waals surface area contributed by atoms with Crippen molar-refractivity contribution >= 4 is 0 Å². The maximum Gasteiger partial charge on any atom is 0.119 e. The summed E-state index contributed by atoms with van der Waals surface area (Å²) in [6, 6.07) is 8.54. The standard InChI is InChI=1S/C22H32N4O2/c1-24-13-15-28-22(18-24)6-10-25(11-7-22)17-20-4-2-5-21(16-20)27-14-3-9-26-12-8-23-19-26/h2,4-5,8,12,16,19H,3,6-7,9-11,13-15,17-18H2,1H3. The molecular formula is C22H32N4O2. The Balaban J connectivity index is 1.22. The normalized spacial score (nSPS) is 20.5. The van der Waals surface area contributed by atoms with Gasteiger partial charge in [-0.05, 0) is 44.0 Å². The lowest BCUT2D eigenvalue weighted by molar-refractivity contribution is -0.131. The highest BCUT2D eigenvalue weighted by molar-refractivity contribution is 5.28. The first-order valence-electron chi connectivity index (χ1n) is 10.4. The largest absolute Gasteiger partial charge is 0.494 e. The highest BCUT2D eigenvalue weighted by Gasteiger charge is 2.38. The predicted octanol–water partition coefficient (Wildman–Crippen LogP) is 2.65. The molecule has 6 heteroatoms. The second-order valence-electron chi connectivity index (χ2n) is 8.20. The fraction of sp³-hybridized carbons (Fsp3) is 0.591. The van der Waals surface area contributed by atoms with E-state index in [1.165, 1.54) is 5.56 Å². The lowest BCUT2D eigenvalue weighted by Gasteiger charge is -2.46. The number of likely N-dealkylation sites (tertiary alicyclic amines) is 1. The van der Waals surface area contributed by atoms with Gasteiger partial charge in [0.2, 0.25) is 0 Å². The minimum atomic E-state index is 0.0870. The SMILES string of the molecule is CN1CCOC2(CCN(Cc3cccc(OCCCn4ccnc4)c3)CC2)C1. The number of morpholine rings is 1. The highest BCUT2D eigenvalue weighted by Crippen LogP contribution is 2.30. The molecule has 28 heavy (non-hydrogen) atoms. The molecule has 0 unspecified atom stereocenters. The zero-order valence-corrected chi connectivity index (χ0v) is 16.9. The molecule has 0 amide bonds. The number of hydrogen-bond donors (Lipinski definition) is 0. The van der Waals surface area contributed by atoms with Gasteiger partial charge in [0, 0.05) is 51.7 Å². The first-order chi connectivity index (χ1) is 13.7. The molecule has 2 aliphatic rings. The van der Waals surface area contributed by atoms with E-state index in [1.807, 2.05) is 18.7 Å². The van der Waals surface area contributed by atoms with E-state index in [9.17, 15) is 0 Å². The monoisotopic (exact) mass is 384 g/mol. The number of hydrogen-bond acceptors (Lipinski definition) is 5. The van der Waals surface area contributed by atoms with Gasteiger partial charge in [-0.3, -0.25) is 4.90 Å². The van der Waals surface area contributed by atoms with Crippen molar-refractivity contribution in [1.82, 2.24) is 19.4 Å². The Morgan fingerprint density at radius 3 is 2.89 bits per heavy atom. The fourth-order valence-electron chi connectivity index (χ4n) is 4.30. The number of ether oxygens (including phenoxy) is 2. The topological polar surface area (TPSA) is 42.8 Å². The second kappa shape index (κ2) is 9.07. The van der Waals surface area contributed by atoms with Crippen molar-refractivity contribution < 1.29 is 9.47 Å². The van der Waals surface area contributed by atoms with Crippen LogP contribution in [0.25, 0.3) is 0 Å². The molecule has 4 rings (SSSR count). The Labute approximate surface area is 168 Å². The number of imidazole rings is 1. The average Bonchev–Trinajstić information content (AvgIpc) is 3.21. The molecule has 6 nitrogen and oxygen atoms in total. The molecule has 0 atom stereocenters. The average molecular weight is 385 g/mol. The van der Waals surface area contributed by atoms with Gasteiger partial charge in [0.05, 0.1) is 25.1 Å². The molecule has 1 spiro atoms. The van der Waals surface area contributed by atoms with Crippen molar-refractivity contribution in [3.8, 4) is 5.75 Å². The third-order valence-electron chi connectivity index (χ3n) is 5.90. The summed E-state index contributed by atoms with van der Waals surface area (Å²) in [5.74, 6) is 0.967. The maximum absolute atomic E-state index is 6.18. The molecule has 2 saturated heterocycles. The van der Waals surface area contributed by atoms with Gasteiger partial charge in [-0.15, -0.1) is 0 Å². The zero-order valence-electron chi connectivity index (χ0n) is 16.9. The van der Waals surface area contributed by atoms with Gasteiger partial charge in [-0.25, -0.2) is 4.98 Å². The summed E-state index contributed by atoms with van der Waals surface area (Å²) < 4.78 is 14.2. The van der Waals surface area contributed by atoms with Crippen molar-refractivity contribution in [2.24, 2.45) is 0 Å². The van der Waals surface area contributed by atoms with Crippen LogP contribution >= 0.6 is 0 Å². The molecular weight excluding hydrogens is 352 g/mol. The van der Waals surface area contributed by atoms with Gasteiger partial charge in [0.25, 0.3) is 0 Å². The summed E-state index contributed by atoms with van der Waals surface area (Å²) in [4.78, 5) is 9.02. The number of aryl methyl sites for hydroxylation is 1. The molecule has 0 N–H and O–H groups in total. The highest BCUT2D eigenvalue weighted by atomic mass is 16.5. The fourth-order valence-corrected chi connectivity index (χ4v) is 4.30. The number of piperidine rings is 1. The first kappa shape index (κ1) is 19.4. The molecule has 2 aromatic rings. The molecule has 2 aliphatic heterocycles. The summed E-state index contributed by atoms with van der Waals surface area (Å²) in [6.45, 7) is 7.84. The lowest BCUT2D eigenvalue weighted by atomic mass is 9.89. The maximum atomic E-state index is 6.18. The summed E-state index contributed by atoms with van der Waals surface area (Å²) in [5, 5.41) is 0. The van der Waals surface area contributed by atoms with Crippen LogP contribution in [0.3, 0.4) is 0 Å². The minimum Gasteiger partial charge on any atom is -0.494 e. The number of aromatic nitrogens is 2. The van der Waals surface area contributed by atoms with Gasteiger partial charge < -0.3 is 18.9 Å². The summed E-state index contributed by atoms with van der Waals surface area (Å²) in [5.41, 5.74) is 1.41. The zero-order chi connectivity index (χ0) is 19.2. The number of rotatable bonds is 7. The number of benzene rings is 1. The van der Waals surface area contributed by atoms with E-state index < -0.39 is 0 Å². The Morgan fingerprint density at radius 1 is 1.21 bits per heavy atom. The van der Waals surface area contributed by atoms with E-state index >= 15 is 0 Å². The van der Waals surface area contributed by atoms with Crippen LogP contribution in [0.5, 0.6) is 5.75 Å². The van der Waals surface area contributed by atoms with Crippen LogP contribution in [-0.2, 0) is 17.8 Å². The van der Waals surface area contributed by atoms with Crippen molar-refractivity contribution in [1.29, 1.82) is 0 Å². The van der Waals surface area contributed by atoms with Gasteiger partial charge in [0.15, 0.2) is 0 Å². The molecule has 1 aromatic heterocycles. The van der Waals surface area contributed by atoms with Crippen molar-refractivity contribution in [2.45, 2.75) is 38.0 Å². The van der Waals surface area contributed by atoms with E-state index in [-0.39, 0.29) is 5.60 Å². The van der Waals surface area contributed by atoms with E-state index in [1.54, 1.807) is 0 Å². The van der Waals surface area contributed by atoms with Crippen LogP contribution in [0.2, 0.25) is 0 Å². The molecule has 152 valence electrons. The predicted molar refractivity (Wildman–Crippen MR) is 109 cm³/mol. The number of nitrogens with zero attached hydrogens (tertiary/aromatic N) is 4. The molecule has 3 heterocycles. The van der Waals surface area contributed by atoms with Crippen molar-refractivity contribution in [3.63, 3.8) is 0 Å². The summed E-state index contributed by atoms with van der Waals surface area (Å²) in [7, 11) is 2.21. The minimum absolute atomic E-state index is 0.0870. The molecule has 2 fully saturated rings. The Morgan fingerprint density at radius 2 is 2.11 bits per heavy atom. The molecule has 0 aliphatic carbocycles. The van der Waals surface area contributed by atoms with Crippen LogP contribution in [0, 0.1) is 0 Å². The lowest BCUT2D eigenvalue weighted by Crippen LogP contribution is -2.55. The van der Waals surface area contributed by atoms with Crippen LogP contribution in [0.4, 0.5) is 0 Å². The molecule has 1 aromatic carbocycles. The van der Waals surface area contributed by atoms with E-state index in [0.29, 0.717) is 0 Å². The Bertz CT molecular complexity index is 726. The van der Waals surface area contributed by atoms with Gasteiger partial charge in [-0.2, -0.15) is 0 Å². The smallest absolute Gasteiger partial charge is 0.119 e. The molecule has 0 radical (unpaired) electrons. The van der Waals surface area contributed by atoms with Crippen LogP contribution in [0.1, 0.15) is 24.8 Å². The quantitative estimate of drug-likeness (QED) is 0.687. The summed E-state index contributed by atoms with van der Waals surface area (Å²) >= 11 is 0. The Hall–Kier alpha value is -1.89. The van der Waals surface area contributed by atoms with E-state index in [4.69, 9.17) is 9.47 Å². The van der Waals surface area contributed by atoms with E-state index in [2.05, 4.69) is 50.7 Å². The van der Waals surface area contributed by atoms with Gasteiger partial charge in [0.1, 0.15) is 5.75 Å². The van der Waals surface area contributed by atoms with Crippen LogP contribution in [-0.4, -0.2) is 71.4 Å². The van der Waals surface area contributed by atoms with Crippen molar-refractivity contribution in [2.75, 3.05) is 46.4 Å². The second-order valence-corrected chi connectivity index (χ2v) is 8.20. The van der Waals surface area contributed by atoms with Crippen LogP contribution < -0.4 is 4.74 Å².